The Morgan fingerprint density at radius 2 is 2.28 bits per heavy atom. The Kier molecular flexibility index (Phi) is 5.50. The fourth-order valence-corrected chi connectivity index (χ4v) is 3.87. The molecule has 0 saturated carbocycles. The van der Waals surface area contributed by atoms with E-state index in [0.29, 0.717) is 43.9 Å². The van der Waals surface area contributed by atoms with E-state index in [2.05, 4.69) is 20.2 Å². The van der Waals surface area contributed by atoms with E-state index in [4.69, 9.17) is 4.52 Å². The highest BCUT2D eigenvalue weighted by Crippen LogP contribution is 2.34. The van der Waals surface area contributed by atoms with Gasteiger partial charge in [0.1, 0.15) is 12.7 Å². The molecule has 0 aliphatic carbocycles. The van der Waals surface area contributed by atoms with Gasteiger partial charge in [0.15, 0.2) is 0 Å². The third-order valence-electron chi connectivity index (χ3n) is 5.34. The molecule has 0 aromatic carbocycles. The topological polar surface area (TPSA) is 89.9 Å². The SMILES string of the molecule is Cc1noc2nc(C3CCCN(C(=O)CCCn4cncn4)C3)cc(C(F)F)c12. The summed E-state index contributed by atoms with van der Waals surface area (Å²) in [4.78, 5) is 22.7. The predicted octanol–water partition coefficient (Wildman–Crippen LogP) is 3.25. The van der Waals surface area contributed by atoms with Gasteiger partial charge >= 0.3 is 0 Å². The van der Waals surface area contributed by atoms with Crippen molar-refractivity contribution < 1.29 is 18.1 Å². The van der Waals surface area contributed by atoms with Crippen LogP contribution in [0.3, 0.4) is 0 Å². The van der Waals surface area contributed by atoms with Gasteiger partial charge in [-0.2, -0.15) is 5.10 Å². The summed E-state index contributed by atoms with van der Waals surface area (Å²) in [6.07, 6.45) is 3.11. The van der Waals surface area contributed by atoms with E-state index in [9.17, 15) is 13.6 Å². The molecule has 0 spiro atoms. The van der Waals surface area contributed by atoms with Crippen LogP contribution in [0.15, 0.2) is 23.2 Å². The van der Waals surface area contributed by atoms with Crippen LogP contribution in [0, 0.1) is 6.92 Å². The van der Waals surface area contributed by atoms with Gasteiger partial charge in [-0.05, 0) is 32.3 Å². The van der Waals surface area contributed by atoms with Gasteiger partial charge in [-0.15, -0.1) is 0 Å². The van der Waals surface area contributed by atoms with E-state index < -0.39 is 6.43 Å². The zero-order valence-corrected chi connectivity index (χ0v) is 16.1. The molecule has 10 heteroatoms. The highest BCUT2D eigenvalue weighted by molar-refractivity contribution is 5.80. The second-order valence-corrected chi connectivity index (χ2v) is 7.33. The largest absolute Gasteiger partial charge is 0.342 e. The number of amides is 1. The number of nitrogens with zero attached hydrogens (tertiary/aromatic N) is 6. The predicted molar refractivity (Wildman–Crippen MR) is 99.3 cm³/mol. The molecule has 1 atom stereocenters. The van der Waals surface area contributed by atoms with Gasteiger partial charge in [-0.1, -0.05) is 5.16 Å². The smallest absolute Gasteiger partial charge is 0.264 e. The summed E-state index contributed by atoms with van der Waals surface area (Å²) in [5.74, 6) is -0.0455. The van der Waals surface area contributed by atoms with Crippen LogP contribution < -0.4 is 0 Å². The number of carbonyl (C=O) groups excluding carboxylic acids is 1. The van der Waals surface area contributed by atoms with Gasteiger partial charge in [0.2, 0.25) is 5.91 Å². The second-order valence-electron chi connectivity index (χ2n) is 7.33. The molecule has 8 nitrogen and oxygen atoms in total. The van der Waals surface area contributed by atoms with Crippen LogP contribution in [0.2, 0.25) is 0 Å². The summed E-state index contributed by atoms with van der Waals surface area (Å²) in [6.45, 7) is 3.39. The maximum Gasteiger partial charge on any atom is 0.264 e. The van der Waals surface area contributed by atoms with Crippen LogP contribution in [0.5, 0.6) is 0 Å². The molecule has 1 aliphatic heterocycles. The van der Waals surface area contributed by atoms with E-state index in [-0.39, 0.29) is 28.5 Å². The summed E-state index contributed by atoms with van der Waals surface area (Å²) >= 11 is 0. The van der Waals surface area contributed by atoms with Crippen molar-refractivity contribution in [3.05, 3.63) is 35.7 Å². The molecular weight excluding hydrogens is 382 g/mol. The van der Waals surface area contributed by atoms with Crippen molar-refractivity contribution in [2.75, 3.05) is 13.1 Å². The van der Waals surface area contributed by atoms with E-state index in [0.717, 1.165) is 12.8 Å². The monoisotopic (exact) mass is 404 g/mol. The minimum Gasteiger partial charge on any atom is -0.342 e. The molecule has 0 N–H and O–H groups in total. The third-order valence-corrected chi connectivity index (χ3v) is 5.34. The Balaban J connectivity index is 1.46. The zero-order valence-electron chi connectivity index (χ0n) is 16.1. The molecular formula is C19H22F2N6O2. The minimum atomic E-state index is -2.64. The summed E-state index contributed by atoms with van der Waals surface area (Å²) in [5.41, 5.74) is 0.956. The standard InChI is InChI=1S/C19H22F2N6O2/c1-12-17-14(18(20)21)8-15(24-19(17)29-25-12)13-4-2-6-26(9-13)16(28)5-3-7-27-11-22-10-23-27/h8,10-11,13,18H,2-7,9H2,1H3. The van der Waals surface area contributed by atoms with Gasteiger partial charge in [0, 0.05) is 43.2 Å². The first-order chi connectivity index (χ1) is 14.0. The van der Waals surface area contributed by atoms with Gasteiger partial charge in [-0.25, -0.2) is 18.7 Å². The normalized spacial score (nSPS) is 17.4. The Labute approximate surface area is 165 Å². The molecule has 0 radical (unpaired) electrons. The second kappa shape index (κ2) is 8.22. The van der Waals surface area contributed by atoms with Crippen LogP contribution in [-0.4, -0.2) is 48.8 Å². The molecule has 3 aromatic rings. The van der Waals surface area contributed by atoms with Crippen molar-refractivity contribution in [3.8, 4) is 0 Å². The number of rotatable bonds is 6. The van der Waals surface area contributed by atoms with Crippen LogP contribution in [-0.2, 0) is 11.3 Å². The third kappa shape index (κ3) is 4.10. The van der Waals surface area contributed by atoms with Crippen LogP contribution >= 0.6 is 0 Å². The first-order valence-corrected chi connectivity index (χ1v) is 9.68. The molecule has 1 saturated heterocycles. The van der Waals surface area contributed by atoms with Crippen molar-refractivity contribution in [1.82, 2.24) is 29.8 Å². The Hall–Kier alpha value is -2.91. The first kappa shape index (κ1) is 19.4. The molecule has 3 aromatic heterocycles. The lowest BCUT2D eigenvalue weighted by molar-refractivity contribution is -0.132. The molecule has 4 heterocycles. The fourth-order valence-electron chi connectivity index (χ4n) is 3.87. The van der Waals surface area contributed by atoms with Gasteiger partial charge in [-0.3, -0.25) is 9.48 Å². The maximum absolute atomic E-state index is 13.6. The molecule has 0 bridgehead atoms. The number of hydrogen-bond donors (Lipinski definition) is 0. The van der Waals surface area contributed by atoms with E-state index in [1.165, 1.54) is 12.4 Å². The van der Waals surface area contributed by atoms with E-state index >= 15 is 0 Å². The molecule has 154 valence electrons. The highest BCUT2D eigenvalue weighted by atomic mass is 19.3. The summed E-state index contributed by atoms with van der Waals surface area (Å²) in [7, 11) is 0. The first-order valence-electron chi connectivity index (χ1n) is 9.68. The lowest BCUT2D eigenvalue weighted by Gasteiger charge is -2.32. The van der Waals surface area contributed by atoms with Crippen molar-refractivity contribution in [2.45, 2.75) is 51.5 Å². The number of carbonyl (C=O) groups is 1. The molecule has 1 amide bonds. The highest BCUT2D eigenvalue weighted by Gasteiger charge is 2.28. The maximum atomic E-state index is 13.6. The number of hydrogen-bond acceptors (Lipinski definition) is 6. The fraction of sp³-hybridized carbons (Fsp3) is 0.526. The van der Waals surface area contributed by atoms with Gasteiger partial charge in [0.05, 0.1) is 11.1 Å². The molecule has 1 aliphatic rings. The van der Waals surface area contributed by atoms with Crippen molar-refractivity contribution in [1.29, 1.82) is 0 Å². The molecule has 4 rings (SSSR count). The average molecular weight is 404 g/mol. The summed E-state index contributed by atoms with van der Waals surface area (Å²) in [5, 5.41) is 8.08. The number of likely N-dealkylation sites (tertiary alicyclic amines) is 1. The number of aromatic nitrogens is 5. The van der Waals surface area contributed by atoms with Crippen LogP contribution in [0.4, 0.5) is 8.78 Å². The number of fused-ring (bicyclic) bond motifs is 1. The quantitative estimate of drug-likeness (QED) is 0.627. The Morgan fingerprint density at radius 3 is 3.03 bits per heavy atom. The van der Waals surface area contributed by atoms with Crippen molar-refractivity contribution >= 4 is 17.0 Å². The number of halogens is 2. The zero-order chi connectivity index (χ0) is 20.4. The van der Waals surface area contributed by atoms with E-state index in [1.807, 2.05) is 0 Å². The summed E-state index contributed by atoms with van der Waals surface area (Å²) < 4.78 is 34.0. The number of aryl methyl sites for hydroxylation is 2. The van der Waals surface area contributed by atoms with Crippen LogP contribution in [0.1, 0.15) is 55.0 Å². The van der Waals surface area contributed by atoms with Crippen molar-refractivity contribution in [2.24, 2.45) is 0 Å². The van der Waals surface area contributed by atoms with Crippen molar-refractivity contribution in [3.63, 3.8) is 0 Å². The lowest BCUT2D eigenvalue weighted by atomic mass is 9.92. The Bertz CT molecular complexity index is 988. The average Bonchev–Trinajstić information content (AvgIpc) is 3.37. The van der Waals surface area contributed by atoms with E-state index in [1.54, 1.807) is 22.8 Å². The minimum absolute atomic E-state index is 0.0560. The van der Waals surface area contributed by atoms with Gasteiger partial charge in [0.25, 0.3) is 12.1 Å². The lowest BCUT2D eigenvalue weighted by Crippen LogP contribution is -2.39. The van der Waals surface area contributed by atoms with Gasteiger partial charge < -0.3 is 9.42 Å². The molecule has 29 heavy (non-hydrogen) atoms. The number of pyridine rings is 1. The number of alkyl halides is 2. The Morgan fingerprint density at radius 1 is 1.41 bits per heavy atom. The number of piperidine rings is 1. The summed E-state index contributed by atoms with van der Waals surface area (Å²) in [6, 6.07) is 1.44. The molecule has 1 unspecified atom stereocenters. The van der Waals surface area contributed by atoms with Crippen LogP contribution in [0.25, 0.3) is 11.1 Å². The molecule has 1 fully saturated rings.